The monoisotopic (exact) mass is 441 g/mol. The van der Waals surface area contributed by atoms with E-state index in [1.54, 1.807) is 7.11 Å². The van der Waals surface area contributed by atoms with Gasteiger partial charge in [-0.2, -0.15) is 5.10 Å². The Kier molecular flexibility index (Phi) is 8.61. The van der Waals surface area contributed by atoms with Crippen LogP contribution in [0.2, 0.25) is 0 Å². The fourth-order valence-electron chi connectivity index (χ4n) is 3.80. The van der Waals surface area contributed by atoms with Crippen molar-refractivity contribution in [2.75, 3.05) is 26.7 Å². The zero-order chi connectivity index (χ0) is 22.9. The summed E-state index contributed by atoms with van der Waals surface area (Å²) in [5.41, 5.74) is 1.77. The number of aryl methyl sites for hydroxylation is 1. The van der Waals surface area contributed by atoms with E-state index in [2.05, 4.69) is 27.6 Å². The number of aromatic nitrogens is 3. The quantitative estimate of drug-likeness (QED) is 0.456. The van der Waals surface area contributed by atoms with E-state index >= 15 is 0 Å². The van der Waals surface area contributed by atoms with Crippen LogP contribution < -0.4 is 10.6 Å². The van der Waals surface area contributed by atoms with Gasteiger partial charge in [0, 0.05) is 44.8 Å². The van der Waals surface area contributed by atoms with Crippen LogP contribution in [0.15, 0.2) is 29.3 Å². The summed E-state index contributed by atoms with van der Waals surface area (Å²) < 4.78 is 7.11. The molecule has 3 rings (SSSR count). The number of carbonyl (C=O) groups excluding carboxylic acids is 1. The Balaban J connectivity index is 1.60. The molecule has 0 bridgehead atoms. The fraction of sp³-hybridized carbons (Fsp3) is 0.565. The summed E-state index contributed by atoms with van der Waals surface area (Å²) in [4.78, 5) is 23.6. The second kappa shape index (κ2) is 11.6. The van der Waals surface area contributed by atoms with Crippen LogP contribution in [0.4, 0.5) is 0 Å². The van der Waals surface area contributed by atoms with Crippen LogP contribution in [0.5, 0.6) is 0 Å². The lowest BCUT2D eigenvalue weighted by molar-refractivity contribution is 0.0773. The number of hydrogen-bond acceptors (Lipinski definition) is 5. The highest BCUT2D eigenvalue weighted by atomic mass is 16.5. The van der Waals surface area contributed by atoms with Crippen LogP contribution in [0.1, 0.15) is 54.8 Å². The number of methoxy groups -OCH3 is 1. The van der Waals surface area contributed by atoms with E-state index < -0.39 is 0 Å². The molecule has 0 radical (unpaired) electrons. The highest BCUT2D eigenvalue weighted by Crippen LogP contribution is 2.14. The number of hydrogen-bond donors (Lipinski definition) is 2. The van der Waals surface area contributed by atoms with Gasteiger partial charge in [0.2, 0.25) is 0 Å². The molecular formula is C23H35N7O2. The molecule has 32 heavy (non-hydrogen) atoms. The summed E-state index contributed by atoms with van der Waals surface area (Å²) in [6.07, 6.45) is 1.84. The fourth-order valence-corrected chi connectivity index (χ4v) is 3.80. The molecule has 1 aromatic carbocycles. The number of guanidine groups is 1. The molecule has 1 aliphatic rings. The Morgan fingerprint density at radius 1 is 1.25 bits per heavy atom. The molecule has 0 aliphatic carbocycles. The van der Waals surface area contributed by atoms with E-state index in [0.717, 1.165) is 49.1 Å². The number of nitrogens with one attached hydrogen (secondary N) is 2. The van der Waals surface area contributed by atoms with E-state index in [-0.39, 0.29) is 11.9 Å². The summed E-state index contributed by atoms with van der Waals surface area (Å²) in [7, 11) is 1.65. The number of aliphatic imine (C=N–C) groups is 1. The van der Waals surface area contributed by atoms with Crippen molar-refractivity contribution in [1.29, 1.82) is 0 Å². The molecule has 2 aromatic rings. The first-order chi connectivity index (χ1) is 15.6. The van der Waals surface area contributed by atoms with E-state index in [4.69, 9.17) is 9.73 Å². The Labute approximate surface area is 190 Å². The number of ether oxygens (including phenoxy) is 1. The minimum Gasteiger partial charge on any atom is -0.377 e. The third-order valence-electron chi connectivity index (χ3n) is 5.53. The predicted octanol–water partition coefficient (Wildman–Crippen LogP) is 1.98. The second-order valence-electron chi connectivity index (χ2n) is 7.81. The number of rotatable bonds is 9. The average Bonchev–Trinajstić information content (AvgIpc) is 3.20. The second-order valence-corrected chi connectivity index (χ2v) is 7.81. The summed E-state index contributed by atoms with van der Waals surface area (Å²) in [5, 5.41) is 11.4. The van der Waals surface area contributed by atoms with Crippen molar-refractivity contribution in [3.05, 3.63) is 47.0 Å². The van der Waals surface area contributed by atoms with Crippen molar-refractivity contribution in [1.82, 2.24) is 30.3 Å². The predicted molar refractivity (Wildman–Crippen MR) is 124 cm³/mol. The van der Waals surface area contributed by atoms with Gasteiger partial charge in [0.1, 0.15) is 12.4 Å². The van der Waals surface area contributed by atoms with Crippen molar-refractivity contribution < 1.29 is 9.53 Å². The number of fused-ring (bicyclic) bond motifs is 1. The van der Waals surface area contributed by atoms with Gasteiger partial charge in [0.25, 0.3) is 5.91 Å². The van der Waals surface area contributed by atoms with Crippen LogP contribution in [0.3, 0.4) is 0 Å². The van der Waals surface area contributed by atoms with Gasteiger partial charge >= 0.3 is 0 Å². The molecule has 0 saturated heterocycles. The zero-order valence-corrected chi connectivity index (χ0v) is 19.6. The van der Waals surface area contributed by atoms with E-state index in [1.165, 1.54) is 0 Å². The minimum absolute atomic E-state index is 0.0680. The van der Waals surface area contributed by atoms with Crippen molar-refractivity contribution in [3.63, 3.8) is 0 Å². The maximum absolute atomic E-state index is 12.5. The number of carbonyl (C=O) groups is 1. The first-order valence-electron chi connectivity index (χ1n) is 11.4. The minimum atomic E-state index is 0.0680. The normalized spacial score (nSPS) is 15.9. The molecular weight excluding hydrogens is 406 g/mol. The van der Waals surface area contributed by atoms with Gasteiger partial charge in [0.05, 0.1) is 13.1 Å². The van der Waals surface area contributed by atoms with Crippen LogP contribution in [-0.2, 0) is 30.9 Å². The van der Waals surface area contributed by atoms with Gasteiger partial charge in [-0.1, -0.05) is 12.1 Å². The van der Waals surface area contributed by atoms with Crippen LogP contribution in [0.25, 0.3) is 0 Å². The van der Waals surface area contributed by atoms with Crippen molar-refractivity contribution in [3.8, 4) is 0 Å². The van der Waals surface area contributed by atoms with Crippen LogP contribution in [0, 0.1) is 0 Å². The molecule has 1 aliphatic heterocycles. The van der Waals surface area contributed by atoms with Crippen LogP contribution >= 0.6 is 0 Å². The maximum Gasteiger partial charge on any atom is 0.253 e. The molecule has 1 amide bonds. The Bertz CT molecular complexity index is 904. The first kappa shape index (κ1) is 23.7. The molecule has 0 spiro atoms. The molecule has 1 aromatic heterocycles. The Morgan fingerprint density at radius 3 is 2.66 bits per heavy atom. The summed E-state index contributed by atoms with van der Waals surface area (Å²) in [6, 6.07) is 7.95. The SMILES string of the molecule is CCNC(=NCc1ccc(C(=O)N(CC)CC)cc1)NC1CCc2nc(COC)nn2C1. The summed E-state index contributed by atoms with van der Waals surface area (Å²) in [6.45, 7) is 9.96. The van der Waals surface area contributed by atoms with Gasteiger partial charge in [-0.3, -0.25) is 4.79 Å². The summed E-state index contributed by atoms with van der Waals surface area (Å²) in [5.74, 6) is 2.59. The van der Waals surface area contributed by atoms with Gasteiger partial charge in [-0.25, -0.2) is 14.7 Å². The largest absolute Gasteiger partial charge is 0.377 e. The molecule has 2 N–H and O–H groups in total. The Morgan fingerprint density at radius 2 is 2.00 bits per heavy atom. The molecule has 0 saturated carbocycles. The van der Waals surface area contributed by atoms with Gasteiger partial charge in [-0.15, -0.1) is 0 Å². The number of nitrogens with zero attached hydrogens (tertiary/aromatic N) is 5. The van der Waals surface area contributed by atoms with Gasteiger partial charge in [-0.05, 0) is 44.9 Å². The molecule has 9 heteroatoms. The standard InChI is InChI=1S/C23H35N7O2/c1-5-24-23(26-19-12-13-21-27-20(16-32-4)28-30(21)15-19)25-14-17-8-10-18(11-9-17)22(31)29(6-2)7-3/h8-11,19H,5-7,12-16H2,1-4H3,(H2,24,25,26). The van der Waals surface area contributed by atoms with Gasteiger partial charge < -0.3 is 20.3 Å². The summed E-state index contributed by atoms with van der Waals surface area (Å²) >= 11 is 0. The van der Waals surface area contributed by atoms with Crippen molar-refractivity contribution >= 4 is 11.9 Å². The Hall–Kier alpha value is -2.94. The molecule has 0 fully saturated rings. The first-order valence-corrected chi connectivity index (χ1v) is 11.4. The van der Waals surface area contributed by atoms with Crippen molar-refractivity contribution in [2.45, 2.75) is 59.4 Å². The lowest BCUT2D eigenvalue weighted by Gasteiger charge is -2.25. The number of benzene rings is 1. The third-order valence-corrected chi connectivity index (χ3v) is 5.53. The molecule has 2 heterocycles. The molecule has 174 valence electrons. The smallest absolute Gasteiger partial charge is 0.253 e. The third kappa shape index (κ3) is 6.06. The van der Waals surface area contributed by atoms with E-state index in [0.29, 0.717) is 31.8 Å². The molecule has 9 nitrogen and oxygen atoms in total. The van der Waals surface area contributed by atoms with E-state index in [1.807, 2.05) is 47.7 Å². The highest BCUT2D eigenvalue weighted by Gasteiger charge is 2.22. The van der Waals surface area contributed by atoms with E-state index in [9.17, 15) is 4.79 Å². The lowest BCUT2D eigenvalue weighted by Crippen LogP contribution is -2.47. The molecule has 1 unspecified atom stereocenters. The maximum atomic E-state index is 12.5. The topological polar surface area (TPSA) is 96.7 Å². The average molecular weight is 442 g/mol. The van der Waals surface area contributed by atoms with Crippen molar-refractivity contribution in [2.24, 2.45) is 4.99 Å². The number of amides is 1. The molecule has 1 atom stereocenters. The van der Waals surface area contributed by atoms with Gasteiger partial charge in [0.15, 0.2) is 11.8 Å². The zero-order valence-electron chi connectivity index (χ0n) is 19.6. The lowest BCUT2D eigenvalue weighted by atomic mass is 10.1. The van der Waals surface area contributed by atoms with Crippen LogP contribution in [-0.4, -0.2) is 64.3 Å². The highest BCUT2D eigenvalue weighted by molar-refractivity contribution is 5.94.